The van der Waals surface area contributed by atoms with E-state index in [9.17, 15) is 4.79 Å². The first-order valence-electron chi connectivity index (χ1n) is 9.23. The van der Waals surface area contributed by atoms with Crippen LogP contribution in [-0.4, -0.2) is 44.7 Å². The van der Waals surface area contributed by atoms with Gasteiger partial charge in [-0.1, -0.05) is 24.3 Å². The average molecular weight is 339 g/mol. The van der Waals surface area contributed by atoms with Crippen LogP contribution in [0.4, 0.5) is 0 Å². The minimum Gasteiger partial charge on any atom is -0.348 e. The summed E-state index contributed by atoms with van der Waals surface area (Å²) >= 11 is 0. The fraction of sp³-hybridized carbons (Fsp3) is 0.526. The molecule has 0 unspecified atom stereocenters. The predicted octanol–water partition coefficient (Wildman–Crippen LogP) is 1.94. The fourth-order valence-electron chi connectivity index (χ4n) is 4.18. The van der Waals surface area contributed by atoms with Crippen LogP contribution in [0.5, 0.6) is 0 Å². The van der Waals surface area contributed by atoms with Gasteiger partial charge in [-0.05, 0) is 49.8 Å². The Morgan fingerprint density at radius 3 is 3.04 bits per heavy atom. The average Bonchev–Trinajstić information content (AvgIpc) is 3.28. The van der Waals surface area contributed by atoms with Crippen LogP contribution in [0.15, 0.2) is 36.9 Å². The number of hydrogen-bond donors (Lipinski definition) is 1. The predicted molar refractivity (Wildman–Crippen MR) is 94.9 cm³/mol. The summed E-state index contributed by atoms with van der Waals surface area (Å²) in [6.45, 7) is 2.26. The topological polar surface area (TPSA) is 63.1 Å². The van der Waals surface area contributed by atoms with Gasteiger partial charge in [-0.2, -0.15) is 5.10 Å². The fourth-order valence-corrected chi connectivity index (χ4v) is 4.18. The molecule has 2 aliphatic rings. The van der Waals surface area contributed by atoms with Gasteiger partial charge in [0.05, 0.1) is 19.1 Å². The van der Waals surface area contributed by atoms with E-state index in [1.54, 1.807) is 12.7 Å². The van der Waals surface area contributed by atoms with Crippen LogP contribution in [0.25, 0.3) is 0 Å². The first-order chi connectivity index (χ1) is 12.3. The zero-order chi connectivity index (χ0) is 17.1. The lowest BCUT2D eigenvalue weighted by molar-refractivity contribution is -0.123. The molecule has 1 aromatic carbocycles. The third kappa shape index (κ3) is 3.74. The van der Waals surface area contributed by atoms with Crippen molar-refractivity contribution in [3.63, 3.8) is 0 Å². The van der Waals surface area contributed by atoms with E-state index in [0.717, 1.165) is 45.2 Å². The number of rotatable bonds is 5. The molecule has 0 spiro atoms. The maximum absolute atomic E-state index is 12.6. The summed E-state index contributed by atoms with van der Waals surface area (Å²) in [4.78, 5) is 18.9. The number of aryl methyl sites for hydroxylation is 1. The largest absolute Gasteiger partial charge is 0.348 e. The summed E-state index contributed by atoms with van der Waals surface area (Å²) in [6.07, 6.45) is 8.85. The van der Waals surface area contributed by atoms with Gasteiger partial charge in [-0.3, -0.25) is 14.4 Å². The van der Waals surface area contributed by atoms with Crippen LogP contribution in [-0.2, 0) is 17.8 Å². The molecular weight excluding hydrogens is 314 g/mol. The standard InChI is InChI=1S/C19H25N5O/c25-19(22-18-9-3-6-15-5-1-2-8-17(15)18)12-23-10-4-7-16(23)11-24-14-20-13-21-24/h1-2,5,8,13-14,16,18H,3-4,6-7,9-12H2,(H,22,25)/t16-,18+/m1/s1. The monoisotopic (exact) mass is 339 g/mol. The van der Waals surface area contributed by atoms with Gasteiger partial charge in [-0.25, -0.2) is 4.98 Å². The molecule has 1 aromatic heterocycles. The smallest absolute Gasteiger partial charge is 0.234 e. The van der Waals surface area contributed by atoms with Gasteiger partial charge in [0.1, 0.15) is 12.7 Å². The maximum Gasteiger partial charge on any atom is 0.234 e. The van der Waals surface area contributed by atoms with E-state index in [0.29, 0.717) is 12.6 Å². The van der Waals surface area contributed by atoms with Crippen LogP contribution >= 0.6 is 0 Å². The van der Waals surface area contributed by atoms with Crippen molar-refractivity contribution in [1.29, 1.82) is 0 Å². The molecule has 1 aliphatic carbocycles. The third-order valence-corrected chi connectivity index (χ3v) is 5.41. The quantitative estimate of drug-likeness (QED) is 0.904. The highest BCUT2D eigenvalue weighted by atomic mass is 16.2. The highest BCUT2D eigenvalue weighted by molar-refractivity contribution is 5.78. The number of nitrogens with one attached hydrogen (secondary N) is 1. The molecule has 1 N–H and O–H groups in total. The zero-order valence-corrected chi connectivity index (χ0v) is 14.5. The Hall–Kier alpha value is -2.21. The molecule has 132 valence electrons. The minimum atomic E-state index is 0.132. The lowest BCUT2D eigenvalue weighted by atomic mass is 9.88. The summed E-state index contributed by atoms with van der Waals surface area (Å²) in [5, 5.41) is 7.46. The number of hydrogen-bond acceptors (Lipinski definition) is 4. The lowest BCUT2D eigenvalue weighted by Gasteiger charge is -2.28. The summed E-state index contributed by atoms with van der Waals surface area (Å²) in [6, 6.07) is 9.02. The van der Waals surface area contributed by atoms with Crippen molar-refractivity contribution in [2.24, 2.45) is 0 Å². The minimum absolute atomic E-state index is 0.132. The van der Waals surface area contributed by atoms with E-state index < -0.39 is 0 Å². The Kier molecular flexibility index (Phi) is 4.78. The highest BCUT2D eigenvalue weighted by Gasteiger charge is 2.28. The SMILES string of the molecule is O=C(CN1CCC[C@@H]1Cn1cncn1)N[C@H]1CCCc2ccccc21. The second-order valence-electron chi connectivity index (χ2n) is 7.10. The molecule has 2 heterocycles. The van der Waals surface area contributed by atoms with Crippen LogP contribution in [0.2, 0.25) is 0 Å². The molecule has 6 heteroatoms. The Balaban J connectivity index is 1.36. The van der Waals surface area contributed by atoms with Crippen molar-refractivity contribution in [2.45, 2.75) is 50.7 Å². The number of benzene rings is 1. The van der Waals surface area contributed by atoms with Gasteiger partial charge >= 0.3 is 0 Å². The molecule has 1 saturated heterocycles. The number of nitrogens with zero attached hydrogens (tertiary/aromatic N) is 4. The number of fused-ring (bicyclic) bond motifs is 1. The van der Waals surface area contributed by atoms with E-state index in [4.69, 9.17) is 0 Å². The molecule has 6 nitrogen and oxygen atoms in total. The van der Waals surface area contributed by atoms with Crippen molar-refractivity contribution in [3.8, 4) is 0 Å². The molecule has 0 radical (unpaired) electrons. The molecule has 1 amide bonds. The molecular formula is C19H25N5O. The highest BCUT2D eigenvalue weighted by Crippen LogP contribution is 2.29. The van der Waals surface area contributed by atoms with E-state index in [-0.39, 0.29) is 11.9 Å². The molecule has 25 heavy (non-hydrogen) atoms. The zero-order valence-electron chi connectivity index (χ0n) is 14.5. The molecule has 1 aliphatic heterocycles. The number of likely N-dealkylation sites (tertiary alicyclic amines) is 1. The van der Waals surface area contributed by atoms with Crippen LogP contribution in [0, 0.1) is 0 Å². The van der Waals surface area contributed by atoms with Crippen LogP contribution in [0.3, 0.4) is 0 Å². The Labute approximate surface area is 148 Å². The third-order valence-electron chi connectivity index (χ3n) is 5.41. The van der Waals surface area contributed by atoms with E-state index in [2.05, 4.69) is 44.6 Å². The van der Waals surface area contributed by atoms with Gasteiger partial charge in [0.25, 0.3) is 0 Å². The normalized spacial score (nSPS) is 23.4. The summed E-state index contributed by atoms with van der Waals surface area (Å²) < 4.78 is 1.86. The van der Waals surface area contributed by atoms with Crippen molar-refractivity contribution in [3.05, 3.63) is 48.0 Å². The first kappa shape index (κ1) is 16.3. The molecule has 2 atom stereocenters. The second-order valence-corrected chi connectivity index (χ2v) is 7.10. The van der Waals surface area contributed by atoms with Crippen molar-refractivity contribution >= 4 is 5.91 Å². The van der Waals surface area contributed by atoms with Crippen molar-refractivity contribution < 1.29 is 4.79 Å². The van der Waals surface area contributed by atoms with Gasteiger partial charge < -0.3 is 5.32 Å². The maximum atomic E-state index is 12.6. The van der Waals surface area contributed by atoms with Crippen LogP contribution < -0.4 is 5.32 Å². The summed E-state index contributed by atoms with van der Waals surface area (Å²) in [5.74, 6) is 0.132. The van der Waals surface area contributed by atoms with Gasteiger partial charge in [-0.15, -0.1) is 0 Å². The van der Waals surface area contributed by atoms with Crippen LogP contribution in [0.1, 0.15) is 42.9 Å². The van der Waals surface area contributed by atoms with E-state index in [1.807, 2.05) is 4.68 Å². The molecule has 1 fully saturated rings. The second kappa shape index (κ2) is 7.35. The van der Waals surface area contributed by atoms with E-state index >= 15 is 0 Å². The molecule has 2 aromatic rings. The lowest BCUT2D eigenvalue weighted by Crippen LogP contribution is -2.42. The van der Waals surface area contributed by atoms with Gasteiger partial charge in [0.2, 0.25) is 5.91 Å². The van der Waals surface area contributed by atoms with Gasteiger partial charge in [0.15, 0.2) is 0 Å². The summed E-state index contributed by atoms with van der Waals surface area (Å²) in [5.41, 5.74) is 2.67. The number of amides is 1. The Morgan fingerprint density at radius 1 is 1.24 bits per heavy atom. The number of aromatic nitrogens is 3. The molecule has 4 rings (SSSR count). The van der Waals surface area contributed by atoms with Gasteiger partial charge in [0, 0.05) is 6.04 Å². The Bertz CT molecular complexity index is 714. The molecule has 0 bridgehead atoms. The first-order valence-corrected chi connectivity index (χ1v) is 9.23. The van der Waals surface area contributed by atoms with Crippen molar-refractivity contribution in [2.75, 3.05) is 13.1 Å². The summed E-state index contributed by atoms with van der Waals surface area (Å²) in [7, 11) is 0. The Morgan fingerprint density at radius 2 is 2.16 bits per heavy atom. The van der Waals surface area contributed by atoms with Crippen molar-refractivity contribution in [1.82, 2.24) is 25.0 Å². The number of carbonyl (C=O) groups is 1. The molecule has 0 saturated carbocycles. The number of carbonyl (C=O) groups excluding carboxylic acids is 1. The van der Waals surface area contributed by atoms with E-state index in [1.165, 1.54) is 11.1 Å².